The fraction of sp³-hybridized carbons (Fsp3) is 0.182. The van der Waals surface area contributed by atoms with Crippen molar-refractivity contribution in [2.75, 3.05) is 11.9 Å². The lowest BCUT2D eigenvalue weighted by Gasteiger charge is -2.05. The lowest BCUT2D eigenvalue weighted by atomic mass is 10.2. The van der Waals surface area contributed by atoms with E-state index in [1.165, 1.54) is 6.33 Å². The highest BCUT2D eigenvalue weighted by Gasteiger charge is 2.01. The molecule has 0 spiro atoms. The summed E-state index contributed by atoms with van der Waals surface area (Å²) in [5, 5.41) is 9.81. The molecule has 0 saturated heterocycles. The first-order valence-electron chi connectivity index (χ1n) is 5.50. The molecule has 0 aliphatic rings. The van der Waals surface area contributed by atoms with Crippen LogP contribution in [0.5, 0.6) is 0 Å². The second kappa shape index (κ2) is 6.18. The average molecular weight is 257 g/mol. The van der Waals surface area contributed by atoms with Gasteiger partial charge in [0.15, 0.2) is 0 Å². The van der Waals surface area contributed by atoms with Gasteiger partial charge in [0.2, 0.25) is 5.91 Å². The lowest BCUT2D eigenvalue weighted by molar-refractivity contribution is -0.114. The Balaban J connectivity index is 1.94. The zero-order chi connectivity index (χ0) is 13.5. The summed E-state index contributed by atoms with van der Waals surface area (Å²) in [6.45, 7) is 0.407. The molecule has 0 aliphatic heterocycles. The van der Waals surface area contributed by atoms with Crippen LogP contribution in [0.25, 0.3) is 10.4 Å². The molecule has 19 heavy (non-hydrogen) atoms. The van der Waals surface area contributed by atoms with Crippen molar-refractivity contribution in [3.05, 3.63) is 52.9 Å². The highest BCUT2D eigenvalue weighted by Crippen LogP contribution is 2.10. The predicted molar refractivity (Wildman–Crippen MR) is 68.2 cm³/mol. The topological polar surface area (TPSA) is 109 Å². The fourth-order valence-corrected chi connectivity index (χ4v) is 1.49. The average Bonchev–Trinajstić information content (AvgIpc) is 2.91. The molecule has 8 heteroatoms. The van der Waals surface area contributed by atoms with Gasteiger partial charge >= 0.3 is 0 Å². The van der Waals surface area contributed by atoms with Crippen molar-refractivity contribution in [2.45, 2.75) is 6.54 Å². The molecule has 1 N–H and O–H groups in total. The third-order valence-corrected chi connectivity index (χ3v) is 2.33. The SMILES string of the molecule is [N-]=[N+]=NCC(=O)Nc1ccc(Cn2cncn2)cc1. The van der Waals surface area contributed by atoms with Crippen LogP contribution in [0, 0.1) is 0 Å². The summed E-state index contributed by atoms with van der Waals surface area (Å²) in [7, 11) is 0. The Kier molecular flexibility index (Phi) is 4.09. The Morgan fingerprint density at radius 1 is 1.42 bits per heavy atom. The van der Waals surface area contributed by atoms with E-state index in [0.717, 1.165) is 5.56 Å². The van der Waals surface area contributed by atoms with Crippen molar-refractivity contribution < 1.29 is 4.79 Å². The summed E-state index contributed by atoms with van der Waals surface area (Å²) in [5.41, 5.74) is 9.80. The Morgan fingerprint density at radius 3 is 2.84 bits per heavy atom. The quantitative estimate of drug-likeness (QED) is 0.498. The molecule has 2 aromatic rings. The van der Waals surface area contributed by atoms with Crippen LogP contribution in [-0.4, -0.2) is 27.2 Å². The van der Waals surface area contributed by atoms with Crippen LogP contribution >= 0.6 is 0 Å². The summed E-state index contributed by atoms with van der Waals surface area (Å²) in [5.74, 6) is -0.346. The van der Waals surface area contributed by atoms with Gasteiger partial charge in [-0.15, -0.1) is 0 Å². The number of benzene rings is 1. The maximum atomic E-state index is 11.3. The van der Waals surface area contributed by atoms with Gasteiger partial charge < -0.3 is 5.32 Å². The van der Waals surface area contributed by atoms with E-state index >= 15 is 0 Å². The molecule has 0 saturated carbocycles. The number of anilines is 1. The highest BCUT2D eigenvalue weighted by atomic mass is 16.1. The van der Waals surface area contributed by atoms with Crippen LogP contribution in [0.4, 0.5) is 5.69 Å². The molecular weight excluding hydrogens is 246 g/mol. The normalized spacial score (nSPS) is 9.68. The molecule has 96 valence electrons. The van der Waals surface area contributed by atoms with Crippen molar-refractivity contribution in [1.29, 1.82) is 0 Å². The second-order valence-corrected chi connectivity index (χ2v) is 3.73. The number of carbonyl (C=O) groups excluding carboxylic acids is 1. The lowest BCUT2D eigenvalue weighted by Crippen LogP contribution is -2.14. The van der Waals surface area contributed by atoms with Gasteiger partial charge in [-0.2, -0.15) is 5.10 Å². The zero-order valence-corrected chi connectivity index (χ0v) is 9.97. The molecule has 0 atom stereocenters. The Labute approximate surface area is 108 Å². The molecule has 2 rings (SSSR count). The summed E-state index contributed by atoms with van der Waals surface area (Å²) >= 11 is 0. The van der Waals surface area contributed by atoms with Crippen LogP contribution in [0.1, 0.15) is 5.56 Å². The number of nitrogens with one attached hydrogen (secondary N) is 1. The van der Waals surface area contributed by atoms with Crippen molar-refractivity contribution in [3.8, 4) is 0 Å². The Bertz CT molecular complexity index is 584. The van der Waals surface area contributed by atoms with Gasteiger partial charge in [-0.3, -0.25) is 4.79 Å². The van der Waals surface area contributed by atoms with Crippen LogP contribution in [-0.2, 0) is 11.3 Å². The van der Waals surface area contributed by atoms with E-state index in [1.807, 2.05) is 12.1 Å². The molecule has 0 aliphatic carbocycles. The number of hydrogen-bond acceptors (Lipinski definition) is 4. The van der Waals surface area contributed by atoms with Gasteiger partial charge in [-0.05, 0) is 23.2 Å². The maximum Gasteiger partial charge on any atom is 0.230 e. The molecule has 1 heterocycles. The van der Waals surface area contributed by atoms with Crippen molar-refractivity contribution >= 4 is 11.6 Å². The number of amides is 1. The van der Waals surface area contributed by atoms with Gasteiger partial charge in [0.05, 0.1) is 6.54 Å². The molecule has 1 aromatic heterocycles. The van der Waals surface area contributed by atoms with E-state index in [1.54, 1.807) is 23.1 Å². The van der Waals surface area contributed by atoms with Crippen LogP contribution in [0.2, 0.25) is 0 Å². The van der Waals surface area contributed by atoms with Gasteiger partial charge in [0.1, 0.15) is 19.2 Å². The number of aromatic nitrogens is 3. The third-order valence-electron chi connectivity index (χ3n) is 2.33. The fourth-order valence-electron chi connectivity index (χ4n) is 1.49. The number of nitrogens with zero attached hydrogens (tertiary/aromatic N) is 6. The number of carbonyl (C=O) groups is 1. The molecule has 0 bridgehead atoms. The summed E-state index contributed by atoms with van der Waals surface area (Å²) in [6.07, 6.45) is 3.11. The second-order valence-electron chi connectivity index (χ2n) is 3.73. The summed E-state index contributed by atoms with van der Waals surface area (Å²) in [4.78, 5) is 17.7. The van der Waals surface area contributed by atoms with Crippen LogP contribution < -0.4 is 5.32 Å². The van der Waals surface area contributed by atoms with Gasteiger partial charge in [-0.25, -0.2) is 9.67 Å². The molecule has 0 unspecified atom stereocenters. The summed E-state index contributed by atoms with van der Waals surface area (Å²) in [6, 6.07) is 7.32. The minimum absolute atomic E-state index is 0.211. The molecule has 1 aromatic carbocycles. The number of azide groups is 1. The first kappa shape index (κ1) is 12.6. The van der Waals surface area contributed by atoms with E-state index in [4.69, 9.17) is 5.53 Å². The highest BCUT2D eigenvalue weighted by molar-refractivity contribution is 5.92. The maximum absolute atomic E-state index is 11.3. The smallest absolute Gasteiger partial charge is 0.230 e. The summed E-state index contributed by atoms with van der Waals surface area (Å²) < 4.78 is 1.70. The standard InChI is InChI=1S/C11H11N7O/c12-17-14-5-11(19)16-10-3-1-9(2-4-10)6-18-8-13-7-15-18/h1-4,7-8H,5-6H2,(H,16,19). The van der Waals surface area contributed by atoms with E-state index in [-0.39, 0.29) is 12.5 Å². The molecular formula is C11H11N7O. The predicted octanol–water partition coefficient (Wildman–Crippen LogP) is 1.58. The van der Waals surface area contributed by atoms with Crippen LogP contribution in [0.15, 0.2) is 42.0 Å². The van der Waals surface area contributed by atoms with Crippen molar-refractivity contribution in [2.24, 2.45) is 5.11 Å². The molecule has 1 amide bonds. The Hall–Kier alpha value is -2.86. The largest absolute Gasteiger partial charge is 0.326 e. The van der Waals surface area contributed by atoms with E-state index < -0.39 is 0 Å². The minimum atomic E-state index is -0.346. The minimum Gasteiger partial charge on any atom is -0.326 e. The molecule has 0 fully saturated rings. The van der Waals surface area contributed by atoms with E-state index in [0.29, 0.717) is 12.2 Å². The molecule has 0 radical (unpaired) electrons. The zero-order valence-electron chi connectivity index (χ0n) is 9.97. The first-order chi connectivity index (χ1) is 9.28. The number of rotatable bonds is 5. The van der Waals surface area contributed by atoms with Crippen LogP contribution in [0.3, 0.4) is 0 Å². The van der Waals surface area contributed by atoms with Gasteiger partial charge in [0, 0.05) is 10.6 Å². The third kappa shape index (κ3) is 3.83. The van der Waals surface area contributed by atoms with Gasteiger partial charge in [-0.1, -0.05) is 17.2 Å². The first-order valence-corrected chi connectivity index (χ1v) is 5.50. The monoisotopic (exact) mass is 257 g/mol. The Morgan fingerprint density at radius 2 is 2.21 bits per heavy atom. The van der Waals surface area contributed by atoms with Crippen molar-refractivity contribution in [1.82, 2.24) is 14.8 Å². The number of hydrogen-bond donors (Lipinski definition) is 1. The molecule has 8 nitrogen and oxygen atoms in total. The van der Waals surface area contributed by atoms with E-state index in [9.17, 15) is 4.79 Å². The van der Waals surface area contributed by atoms with Crippen molar-refractivity contribution in [3.63, 3.8) is 0 Å². The van der Waals surface area contributed by atoms with E-state index in [2.05, 4.69) is 25.4 Å². The van der Waals surface area contributed by atoms with Gasteiger partial charge in [0.25, 0.3) is 0 Å².